The first-order valence-electron chi connectivity index (χ1n) is 9.24. The monoisotopic (exact) mass is 382 g/mol. The molecular formula is C23H18N4O2. The van der Waals surface area contributed by atoms with Gasteiger partial charge in [0.05, 0.1) is 12.8 Å². The molecule has 2 amide bonds. The summed E-state index contributed by atoms with van der Waals surface area (Å²) in [7, 11) is 1.65. The van der Waals surface area contributed by atoms with Crippen molar-refractivity contribution in [2.24, 2.45) is 5.10 Å². The van der Waals surface area contributed by atoms with Gasteiger partial charge in [0.25, 0.3) is 0 Å². The van der Waals surface area contributed by atoms with Crippen LogP contribution >= 0.6 is 0 Å². The van der Waals surface area contributed by atoms with E-state index in [-0.39, 0.29) is 0 Å². The molecule has 0 radical (unpaired) electrons. The van der Waals surface area contributed by atoms with Gasteiger partial charge in [-0.1, -0.05) is 36.4 Å². The molecule has 1 heterocycles. The minimum atomic E-state index is -0.396. The second-order valence-corrected chi connectivity index (χ2v) is 6.72. The van der Waals surface area contributed by atoms with Crippen molar-refractivity contribution in [3.05, 3.63) is 83.9 Å². The number of urea groups is 1. The maximum atomic E-state index is 12.3. The second kappa shape index (κ2) is 6.83. The standard InChI is InChI=1S/C23H18N4O2/c1-29-15-11-12-16-18(13-15)21-20(17-9-5-6-10-19(17)25-21)22(16)26-27-23(28)24-14-7-3-2-4-8-14/h2-13,25H,1H3,(H2,24,27,28)/b26-22+. The summed E-state index contributed by atoms with van der Waals surface area (Å²) in [5, 5.41) is 8.31. The van der Waals surface area contributed by atoms with Gasteiger partial charge in [0.15, 0.2) is 0 Å². The van der Waals surface area contributed by atoms with Crippen LogP contribution in [0.25, 0.3) is 22.2 Å². The zero-order valence-electron chi connectivity index (χ0n) is 15.7. The molecule has 6 heteroatoms. The third-order valence-electron chi connectivity index (χ3n) is 4.99. The van der Waals surface area contributed by atoms with E-state index in [1.54, 1.807) is 7.11 Å². The molecule has 0 saturated heterocycles. The number of nitrogens with zero attached hydrogens (tertiary/aromatic N) is 1. The normalized spacial score (nSPS) is 13.2. The Bertz CT molecular complexity index is 1260. The number of rotatable bonds is 3. The highest BCUT2D eigenvalue weighted by molar-refractivity contribution is 6.30. The fraction of sp³-hybridized carbons (Fsp3) is 0.0435. The molecule has 0 saturated carbocycles. The summed E-state index contributed by atoms with van der Waals surface area (Å²) in [5.74, 6) is 0.768. The molecule has 0 aliphatic heterocycles. The van der Waals surface area contributed by atoms with Crippen molar-refractivity contribution in [2.75, 3.05) is 12.4 Å². The lowest BCUT2D eigenvalue weighted by Gasteiger charge is -2.07. The van der Waals surface area contributed by atoms with Crippen molar-refractivity contribution in [1.82, 2.24) is 10.4 Å². The summed E-state index contributed by atoms with van der Waals surface area (Å²) in [4.78, 5) is 15.8. The van der Waals surface area contributed by atoms with Crippen LogP contribution in [0.3, 0.4) is 0 Å². The second-order valence-electron chi connectivity index (χ2n) is 6.72. The number of fused-ring (bicyclic) bond motifs is 5. The molecule has 0 bridgehead atoms. The number of ether oxygens (including phenoxy) is 1. The Labute approximate surface area is 167 Å². The number of para-hydroxylation sites is 2. The average molecular weight is 382 g/mol. The van der Waals surface area contributed by atoms with Crippen molar-refractivity contribution in [3.8, 4) is 17.0 Å². The van der Waals surface area contributed by atoms with Crippen LogP contribution in [0.2, 0.25) is 0 Å². The third kappa shape index (κ3) is 2.91. The fourth-order valence-electron chi connectivity index (χ4n) is 3.69. The topological polar surface area (TPSA) is 78.5 Å². The lowest BCUT2D eigenvalue weighted by molar-refractivity contribution is 0.252. The smallest absolute Gasteiger partial charge is 0.339 e. The summed E-state index contributed by atoms with van der Waals surface area (Å²) in [6.45, 7) is 0. The lowest BCUT2D eigenvalue weighted by atomic mass is 10.1. The number of methoxy groups -OCH3 is 1. The summed E-state index contributed by atoms with van der Waals surface area (Å²) >= 11 is 0. The van der Waals surface area contributed by atoms with Crippen molar-refractivity contribution in [3.63, 3.8) is 0 Å². The highest BCUT2D eigenvalue weighted by Crippen LogP contribution is 2.42. The minimum absolute atomic E-state index is 0.396. The van der Waals surface area contributed by atoms with Crippen molar-refractivity contribution >= 4 is 28.3 Å². The Morgan fingerprint density at radius 1 is 0.966 bits per heavy atom. The highest BCUT2D eigenvalue weighted by Gasteiger charge is 2.29. The summed E-state index contributed by atoms with van der Waals surface area (Å²) < 4.78 is 5.39. The SMILES string of the molecule is COc1ccc2c(c1)-c1[nH]c3ccccc3c1/C2=N/NC(=O)Nc1ccccc1. The number of nitrogens with one attached hydrogen (secondary N) is 3. The van der Waals surface area contributed by atoms with E-state index in [4.69, 9.17) is 4.74 Å². The van der Waals surface area contributed by atoms with Crippen LogP contribution < -0.4 is 15.5 Å². The van der Waals surface area contributed by atoms with E-state index in [1.807, 2.05) is 72.8 Å². The van der Waals surface area contributed by atoms with Crippen LogP contribution in [0.1, 0.15) is 11.1 Å². The molecule has 5 rings (SSSR count). The van der Waals surface area contributed by atoms with Gasteiger partial charge < -0.3 is 15.0 Å². The molecule has 0 unspecified atom stereocenters. The van der Waals surface area contributed by atoms with Gasteiger partial charge in [0.2, 0.25) is 0 Å². The number of aromatic nitrogens is 1. The number of benzene rings is 3. The Hall–Kier alpha value is -4.06. The largest absolute Gasteiger partial charge is 0.497 e. The number of hydrazone groups is 1. The number of amides is 2. The zero-order chi connectivity index (χ0) is 19.8. The molecule has 29 heavy (non-hydrogen) atoms. The number of H-pyrrole nitrogens is 1. The molecule has 142 valence electrons. The Morgan fingerprint density at radius 2 is 1.76 bits per heavy atom. The summed E-state index contributed by atoms with van der Waals surface area (Å²) in [6, 6.07) is 22.8. The van der Waals surface area contributed by atoms with E-state index in [1.165, 1.54) is 0 Å². The minimum Gasteiger partial charge on any atom is -0.497 e. The van der Waals surface area contributed by atoms with Gasteiger partial charge in [-0.15, -0.1) is 0 Å². The van der Waals surface area contributed by atoms with E-state index in [0.717, 1.165) is 44.7 Å². The molecule has 0 atom stereocenters. The third-order valence-corrected chi connectivity index (χ3v) is 4.99. The van der Waals surface area contributed by atoms with E-state index in [0.29, 0.717) is 5.69 Å². The van der Waals surface area contributed by atoms with Gasteiger partial charge in [-0.2, -0.15) is 5.10 Å². The molecule has 1 aromatic heterocycles. The van der Waals surface area contributed by atoms with Crippen LogP contribution in [0, 0.1) is 0 Å². The zero-order valence-corrected chi connectivity index (χ0v) is 15.7. The van der Waals surface area contributed by atoms with Crippen LogP contribution in [-0.2, 0) is 0 Å². The molecule has 0 fully saturated rings. The first-order valence-corrected chi connectivity index (χ1v) is 9.24. The van der Waals surface area contributed by atoms with Crippen molar-refractivity contribution < 1.29 is 9.53 Å². The van der Waals surface area contributed by atoms with E-state index < -0.39 is 6.03 Å². The van der Waals surface area contributed by atoms with Gasteiger partial charge >= 0.3 is 6.03 Å². The number of carbonyl (C=O) groups excluding carboxylic acids is 1. The van der Waals surface area contributed by atoms with Crippen molar-refractivity contribution in [2.45, 2.75) is 0 Å². The maximum absolute atomic E-state index is 12.3. The molecule has 0 spiro atoms. The fourth-order valence-corrected chi connectivity index (χ4v) is 3.69. The lowest BCUT2D eigenvalue weighted by Crippen LogP contribution is -2.25. The van der Waals surface area contributed by atoms with E-state index in [9.17, 15) is 4.79 Å². The van der Waals surface area contributed by atoms with Gasteiger partial charge in [-0.25, -0.2) is 10.2 Å². The molecule has 3 N–H and O–H groups in total. The summed E-state index contributed by atoms with van der Waals surface area (Å²) in [5.41, 5.74) is 8.97. The first-order chi connectivity index (χ1) is 14.2. The van der Waals surface area contributed by atoms with Crippen molar-refractivity contribution in [1.29, 1.82) is 0 Å². The number of aromatic amines is 1. The Kier molecular flexibility index (Phi) is 4.02. The van der Waals surface area contributed by atoms with Crippen LogP contribution in [0.15, 0.2) is 77.9 Å². The summed E-state index contributed by atoms with van der Waals surface area (Å²) in [6.07, 6.45) is 0. The molecule has 3 aromatic carbocycles. The van der Waals surface area contributed by atoms with Crippen LogP contribution in [0.4, 0.5) is 10.5 Å². The average Bonchev–Trinajstić information content (AvgIpc) is 3.27. The molecule has 1 aliphatic rings. The molecule has 1 aliphatic carbocycles. The quantitative estimate of drug-likeness (QED) is 0.394. The van der Waals surface area contributed by atoms with Crippen LogP contribution in [-0.4, -0.2) is 23.8 Å². The van der Waals surface area contributed by atoms with Gasteiger partial charge in [-0.05, 0) is 36.4 Å². The highest BCUT2D eigenvalue weighted by atomic mass is 16.5. The predicted octanol–water partition coefficient (Wildman–Crippen LogP) is 4.73. The number of carbonyl (C=O) groups is 1. The number of hydrogen-bond donors (Lipinski definition) is 3. The van der Waals surface area contributed by atoms with Gasteiger partial charge in [0, 0.05) is 33.3 Å². The molecular weight excluding hydrogens is 364 g/mol. The Morgan fingerprint density at radius 3 is 2.59 bits per heavy atom. The molecule has 6 nitrogen and oxygen atoms in total. The van der Waals surface area contributed by atoms with Gasteiger partial charge in [-0.3, -0.25) is 0 Å². The van der Waals surface area contributed by atoms with Crippen LogP contribution in [0.5, 0.6) is 5.75 Å². The Balaban J connectivity index is 1.56. The maximum Gasteiger partial charge on any atom is 0.339 e. The van der Waals surface area contributed by atoms with Gasteiger partial charge in [0.1, 0.15) is 11.5 Å². The molecule has 4 aromatic rings. The first kappa shape index (κ1) is 17.1. The predicted molar refractivity (Wildman–Crippen MR) is 115 cm³/mol. The van der Waals surface area contributed by atoms with E-state index >= 15 is 0 Å². The number of hydrogen-bond acceptors (Lipinski definition) is 3. The van der Waals surface area contributed by atoms with E-state index in [2.05, 4.69) is 20.8 Å². The number of anilines is 1.